The molecule has 0 amide bonds. The summed E-state index contributed by atoms with van der Waals surface area (Å²) >= 11 is 0. The fraction of sp³-hybridized carbons (Fsp3) is 0.111. The number of hydrogen-bond acceptors (Lipinski definition) is 2. The molecule has 0 radical (unpaired) electrons. The van der Waals surface area contributed by atoms with Gasteiger partial charge in [0.05, 0.1) is 16.2 Å². The van der Waals surface area contributed by atoms with E-state index >= 15 is 0 Å². The van der Waals surface area contributed by atoms with E-state index in [0.717, 1.165) is 23.5 Å². The minimum atomic E-state index is -4.39. The predicted molar refractivity (Wildman–Crippen MR) is 92.3 cm³/mol. The van der Waals surface area contributed by atoms with E-state index in [1.807, 2.05) is 19.1 Å². The molecular formula is C18H15F3N2O2S. The van der Waals surface area contributed by atoms with Gasteiger partial charge in [-0.05, 0) is 61.0 Å². The standard InChI is InChI=1S/C18H15F3N2O2S/c1-12-2-11-17(13-3-9-16(10-4-13)26(22,24)25)23(12)15-7-5-14(6-8-15)18(19,20)21/h2-11H,1H3,(H2,22,24,25). The van der Waals surface area contributed by atoms with Crippen molar-refractivity contribution in [1.29, 1.82) is 0 Å². The lowest BCUT2D eigenvalue weighted by atomic mass is 10.1. The third-order valence-corrected chi connectivity index (χ3v) is 4.94. The van der Waals surface area contributed by atoms with Gasteiger partial charge in [0.25, 0.3) is 0 Å². The summed E-state index contributed by atoms with van der Waals surface area (Å²) in [5.74, 6) is 0. The van der Waals surface area contributed by atoms with Crippen molar-refractivity contribution in [2.24, 2.45) is 5.14 Å². The second-order valence-corrected chi connectivity index (χ2v) is 7.37. The second kappa shape index (κ2) is 6.30. The van der Waals surface area contributed by atoms with Gasteiger partial charge in [-0.2, -0.15) is 13.2 Å². The summed E-state index contributed by atoms with van der Waals surface area (Å²) in [4.78, 5) is -0.00870. The highest BCUT2D eigenvalue weighted by Gasteiger charge is 2.30. The quantitative estimate of drug-likeness (QED) is 0.743. The lowest BCUT2D eigenvalue weighted by Gasteiger charge is -2.14. The molecule has 0 spiro atoms. The molecule has 136 valence electrons. The molecule has 3 aromatic rings. The van der Waals surface area contributed by atoms with Crippen LogP contribution in [0.2, 0.25) is 0 Å². The number of nitrogens with zero attached hydrogens (tertiary/aromatic N) is 1. The van der Waals surface area contributed by atoms with E-state index in [4.69, 9.17) is 5.14 Å². The van der Waals surface area contributed by atoms with Crippen molar-refractivity contribution in [3.8, 4) is 16.9 Å². The number of sulfonamides is 1. The average Bonchev–Trinajstić information content (AvgIpc) is 2.95. The minimum absolute atomic E-state index is 0.00870. The Labute approximate surface area is 148 Å². The van der Waals surface area contributed by atoms with E-state index in [-0.39, 0.29) is 4.90 Å². The molecule has 0 aliphatic rings. The van der Waals surface area contributed by atoms with Gasteiger partial charge in [-0.3, -0.25) is 0 Å². The maximum atomic E-state index is 12.8. The topological polar surface area (TPSA) is 65.1 Å². The highest BCUT2D eigenvalue weighted by atomic mass is 32.2. The Balaban J connectivity index is 2.05. The van der Waals surface area contributed by atoms with Crippen LogP contribution >= 0.6 is 0 Å². The normalized spacial score (nSPS) is 12.3. The fourth-order valence-corrected chi connectivity index (χ4v) is 3.24. The predicted octanol–water partition coefficient (Wildman–Crippen LogP) is 4.12. The third-order valence-electron chi connectivity index (χ3n) is 4.01. The van der Waals surface area contributed by atoms with Crippen LogP contribution < -0.4 is 5.14 Å². The first-order valence-electron chi connectivity index (χ1n) is 7.56. The minimum Gasteiger partial charge on any atom is -0.314 e. The lowest BCUT2D eigenvalue weighted by molar-refractivity contribution is -0.137. The van der Waals surface area contributed by atoms with Gasteiger partial charge in [0, 0.05) is 11.4 Å². The van der Waals surface area contributed by atoms with Gasteiger partial charge in [-0.15, -0.1) is 0 Å². The summed E-state index contributed by atoms with van der Waals surface area (Å²) < 4.78 is 62.8. The van der Waals surface area contributed by atoms with E-state index < -0.39 is 21.8 Å². The molecule has 2 N–H and O–H groups in total. The van der Waals surface area contributed by atoms with Crippen molar-refractivity contribution in [2.45, 2.75) is 18.0 Å². The highest BCUT2D eigenvalue weighted by molar-refractivity contribution is 7.89. The highest BCUT2D eigenvalue weighted by Crippen LogP contribution is 2.31. The Bertz CT molecular complexity index is 1040. The number of benzene rings is 2. The average molecular weight is 380 g/mol. The van der Waals surface area contributed by atoms with Gasteiger partial charge >= 0.3 is 6.18 Å². The van der Waals surface area contributed by atoms with Crippen LogP contribution in [0.1, 0.15) is 11.3 Å². The molecular weight excluding hydrogens is 365 g/mol. The molecule has 1 aromatic heterocycles. The fourth-order valence-electron chi connectivity index (χ4n) is 2.72. The molecule has 0 unspecified atom stereocenters. The molecule has 0 aliphatic carbocycles. The second-order valence-electron chi connectivity index (χ2n) is 5.81. The Kier molecular flexibility index (Phi) is 4.41. The van der Waals surface area contributed by atoms with Crippen LogP contribution in [0.25, 0.3) is 16.9 Å². The molecule has 4 nitrogen and oxygen atoms in total. The summed E-state index contributed by atoms with van der Waals surface area (Å²) in [6.45, 7) is 1.83. The molecule has 0 atom stereocenters. The van der Waals surface area contributed by atoms with Gasteiger partial charge in [-0.1, -0.05) is 12.1 Å². The van der Waals surface area contributed by atoms with Crippen molar-refractivity contribution < 1.29 is 21.6 Å². The van der Waals surface area contributed by atoms with Crippen molar-refractivity contribution >= 4 is 10.0 Å². The SMILES string of the molecule is Cc1ccc(-c2ccc(S(N)(=O)=O)cc2)n1-c1ccc(C(F)(F)F)cc1. The number of rotatable bonds is 3. The van der Waals surface area contributed by atoms with Gasteiger partial charge in [0.15, 0.2) is 0 Å². The molecule has 0 aliphatic heterocycles. The Morgan fingerprint density at radius 1 is 0.885 bits per heavy atom. The van der Waals surface area contributed by atoms with Gasteiger partial charge in [0.2, 0.25) is 10.0 Å². The summed E-state index contributed by atoms with van der Waals surface area (Å²) in [5.41, 5.74) is 2.13. The van der Waals surface area contributed by atoms with E-state index in [2.05, 4.69) is 0 Å². The zero-order chi connectivity index (χ0) is 19.1. The zero-order valence-corrected chi connectivity index (χ0v) is 14.5. The largest absolute Gasteiger partial charge is 0.416 e. The number of alkyl halides is 3. The molecule has 8 heteroatoms. The first-order chi connectivity index (χ1) is 12.1. The van der Waals surface area contributed by atoms with Crippen molar-refractivity contribution in [3.63, 3.8) is 0 Å². The number of halogens is 3. The zero-order valence-electron chi connectivity index (χ0n) is 13.7. The molecule has 0 saturated heterocycles. The van der Waals surface area contributed by atoms with Gasteiger partial charge in [-0.25, -0.2) is 13.6 Å². The van der Waals surface area contributed by atoms with Crippen LogP contribution in [0.5, 0.6) is 0 Å². The number of aryl methyl sites for hydroxylation is 1. The number of aromatic nitrogens is 1. The van der Waals surface area contributed by atoms with E-state index in [9.17, 15) is 21.6 Å². The van der Waals surface area contributed by atoms with E-state index in [1.165, 1.54) is 24.3 Å². The van der Waals surface area contributed by atoms with Crippen molar-refractivity contribution in [2.75, 3.05) is 0 Å². The molecule has 3 rings (SSSR count). The number of hydrogen-bond donors (Lipinski definition) is 1. The van der Waals surface area contributed by atoms with Gasteiger partial charge < -0.3 is 4.57 Å². The van der Waals surface area contributed by atoms with E-state index in [1.54, 1.807) is 16.7 Å². The molecule has 0 fully saturated rings. The Morgan fingerprint density at radius 3 is 1.96 bits per heavy atom. The smallest absolute Gasteiger partial charge is 0.314 e. The van der Waals surface area contributed by atoms with Crippen LogP contribution in [0.4, 0.5) is 13.2 Å². The molecule has 1 heterocycles. The van der Waals surface area contributed by atoms with Crippen molar-refractivity contribution in [1.82, 2.24) is 4.57 Å². The molecule has 0 bridgehead atoms. The van der Waals surface area contributed by atoms with E-state index in [0.29, 0.717) is 11.3 Å². The monoisotopic (exact) mass is 380 g/mol. The molecule has 0 saturated carbocycles. The van der Waals surface area contributed by atoms with Crippen LogP contribution in [0.3, 0.4) is 0 Å². The maximum Gasteiger partial charge on any atom is 0.416 e. The maximum absolute atomic E-state index is 12.8. The summed E-state index contributed by atoms with van der Waals surface area (Å²) in [5, 5.41) is 5.09. The summed E-state index contributed by atoms with van der Waals surface area (Å²) in [7, 11) is -3.79. The number of nitrogens with two attached hydrogens (primary N) is 1. The first kappa shape index (κ1) is 18.2. The number of primary sulfonamides is 1. The molecule has 26 heavy (non-hydrogen) atoms. The molecule has 2 aromatic carbocycles. The summed E-state index contributed by atoms with van der Waals surface area (Å²) in [6.07, 6.45) is -4.39. The third kappa shape index (κ3) is 3.51. The van der Waals surface area contributed by atoms with Crippen LogP contribution in [0.15, 0.2) is 65.6 Å². The lowest BCUT2D eigenvalue weighted by Crippen LogP contribution is -2.11. The van der Waals surface area contributed by atoms with Crippen LogP contribution in [-0.4, -0.2) is 13.0 Å². The van der Waals surface area contributed by atoms with Crippen LogP contribution in [-0.2, 0) is 16.2 Å². The summed E-state index contributed by atoms with van der Waals surface area (Å²) in [6, 6.07) is 14.5. The Hall–Kier alpha value is -2.58. The van der Waals surface area contributed by atoms with Gasteiger partial charge in [0.1, 0.15) is 0 Å². The Morgan fingerprint density at radius 2 is 1.46 bits per heavy atom. The first-order valence-corrected chi connectivity index (χ1v) is 9.11. The van der Waals surface area contributed by atoms with Crippen LogP contribution in [0, 0.1) is 6.92 Å². The van der Waals surface area contributed by atoms with Crippen molar-refractivity contribution in [3.05, 3.63) is 71.9 Å².